The van der Waals surface area contributed by atoms with Gasteiger partial charge in [0.2, 0.25) is 0 Å². The predicted octanol–water partition coefficient (Wildman–Crippen LogP) is 1.56. The van der Waals surface area contributed by atoms with Crippen LogP contribution < -0.4 is 0 Å². The van der Waals surface area contributed by atoms with E-state index in [0.717, 1.165) is 6.54 Å². The zero-order valence-corrected chi connectivity index (χ0v) is 9.66. The number of benzene rings is 1. The standard InChI is InChI=1S/C14H16N2O/c1-2-13-14(17)12(8-15)10-16(13)9-11-6-4-3-5-7-11/h2-7,12-14,17H,1,9-10H2/t12-,13-,14+/m0/s1. The van der Waals surface area contributed by atoms with Gasteiger partial charge in [0.1, 0.15) is 0 Å². The van der Waals surface area contributed by atoms with Crippen molar-refractivity contribution in [2.75, 3.05) is 6.54 Å². The van der Waals surface area contributed by atoms with Crippen molar-refractivity contribution in [3.8, 4) is 6.07 Å². The summed E-state index contributed by atoms with van der Waals surface area (Å²) in [5, 5.41) is 18.9. The fourth-order valence-corrected chi connectivity index (χ4v) is 2.33. The molecule has 0 unspecified atom stereocenters. The first-order valence-corrected chi connectivity index (χ1v) is 5.74. The minimum atomic E-state index is -0.624. The number of likely N-dealkylation sites (tertiary alicyclic amines) is 1. The van der Waals surface area contributed by atoms with E-state index >= 15 is 0 Å². The van der Waals surface area contributed by atoms with Crippen molar-refractivity contribution in [1.29, 1.82) is 5.26 Å². The molecular formula is C14H16N2O. The quantitative estimate of drug-likeness (QED) is 0.799. The lowest BCUT2D eigenvalue weighted by Crippen LogP contribution is -2.33. The molecular weight excluding hydrogens is 212 g/mol. The largest absolute Gasteiger partial charge is 0.390 e. The van der Waals surface area contributed by atoms with Crippen molar-refractivity contribution < 1.29 is 5.11 Å². The van der Waals surface area contributed by atoms with Gasteiger partial charge in [-0.2, -0.15) is 5.26 Å². The van der Waals surface area contributed by atoms with Crippen LogP contribution in [-0.2, 0) is 6.54 Å². The number of nitrogens with zero attached hydrogens (tertiary/aromatic N) is 2. The van der Waals surface area contributed by atoms with Gasteiger partial charge in [-0.15, -0.1) is 6.58 Å². The number of rotatable bonds is 3. The molecule has 1 aromatic carbocycles. The molecule has 0 aromatic heterocycles. The molecule has 1 N–H and O–H groups in total. The second-order valence-corrected chi connectivity index (χ2v) is 4.37. The van der Waals surface area contributed by atoms with Crippen molar-refractivity contribution in [3.63, 3.8) is 0 Å². The molecule has 1 aromatic rings. The smallest absolute Gasteiger partial charge is 0.0901 e. The summed E-state index contributed by atoms with van der Waals surface area (Å²) in [5.74, 6) is -0.318. The molecule has 17 heavy (non-hydrogen) atoms. The second-order valence-electron chi connectivity index (χ2n) is 4.37. The molecule has 2 rings (SSSR count). The summed E-state index contributed by atoms with van der Waals surface area (Å²) >= 11 is 0. The van der Waals surface area contributed by atoms with Crippen LogP contribution in [0.2, 0.25) is 0 Å². The van der Waals surface area contributed by atoms with E-state index in [0.29, 0.717) is 6.54 Å². The van der Waals surface area contributed by atoms with Gasteiger partial charge in [0, 0.05) is 13.1 Å². The third-order valence-corrected chi connectivity index (χ3v) is 3.25. The van der Waals surface area contributed by atoms with E-state index in [1.54, 1.807) is 6.08 Å². The van der Waals surface area contributed by atoms with Crippen LogP contribution in [0, 0.1) is 17.2 Å². The maximum absolute atomic E-state index is 9.96. The molecule has 0 spiro atoms. The van der Waals surface area contributed by atoms with Crippen LogP contribution in [-0.4, -0.2) is 28.7 Å². The van der Waals surface area contributed by atoms with Crippen LogP contribution in [0.5, 0.6) is 0 Å². The molecule has 0 bridgehead atoms. The van der Waals surface area contributed by atoms with Gasteiger partial charge in [0.05, 0.1) is 24.1 Å². The average Bonchev–Trinajstić information content (AvgIpc) is 2.66. The summed E-state index contributed by atoms with van der Waals surface area (Å²) < 4.78 is 0. The van der Waals surface area contributed by atoms with Gasteiger partial charge < -0.3 is 5.11 Å². The Labute approximate surface area is 102 Å². The molecule has 1 fully saturated rings. The summed E-state index contributed by atoms with van der Waals surface area (Å²) in [6.45, 7) is 5.09. The predicted molar refractivity (Wildman–Crippen MR) is 65.9 cm³/mol. The molecule has 1 aliphatic heterocycles. The van der Waals surface area contributed by atoms with Crippen LogP contribution in [0.25, 0.3) is 0 Å². The first-order valence-electron chi connectivity index (χ1n) is 5.74. The van der Waals surface area contributed by atoms with Crippen molar-refractivity contribution in [3.05, 3.63) is 48.6 Å². The third kappa shape index (κ3) is 2.38. The maximum atomic E-state index is 9.96. The fraction of sp³-hybridized carbons (Fsp3) is 0.357. The van der Waals surface area contributed by atoms with Gasteiger partial charge in [-0.25, -0.2) is 0 Å². The summed E-state index contributed by atoms with van der Waals surface area (Å²) in [7, 11) is 0. The van der Waals surface area contributed by atoms with Gasteiger partial charge in [-0.3, -0.25) is 4.90 Å². The average molecular weight is 228 g/mol. The zero-order valence-electron chi connectivity index (χ0n) is 9.66. The number of hydrogen-bond acceptors (Lipinski definition) is 3. The van der Waals surface area contributed by atoms with Crippen molar-refractivity contribution >= 4 is 0 Å². The molecule has 3 nitrogen and oxygen atoms in total. The lowest BCUT2D eigenvalue weighted by Gasteiger charge is -2.22. The van der Waals surface area contributed by atoms with E-state index in [-0.39, 0.29) is 12.0 Å². The SMILES string of the molecule is C=C[C@H]1[C@H](O)[C@@H](C#N)CN1Cc1ccccc1. The lowest BCUT2D eigenvalue weighted by atomic mass is 10.0. The highest BCUT2D eigenvalue weighted by atomic mass is 16.3. The Hall–Kier alpha value is -1.63. The topological polar surface area (TPSA) is 47.3 Å². The second kappa shape index (κ2) is 5.13. The van der Waals surface area contributed by atoms with E-state index in [9.17, 15) is 5.11 Å². The number of aliphatic hydroxyl groups is 1. The molecule has 3 atom stereocenters. The van der Waals surface area contributed by atoms with Crippen LogP contribution in [0.15, 0.2) is 43.0 Å². The van der Waals surface area contributed by atoms with E-state index in [1.807, 2.05) is 30.3 Å². The first-order chi connectivity index (χ1) is 8.26. The highest BCUT2D eigenvalue weighted by Gasteiger charge is 2.38. The van der Waals surface area contributed by atoms with E-state index in [2.05, 4.69) is 17.5 Å². The van der Waals surface area contributed by atoms with Gasteiger partial charge >= 0.3 is 0 Å². The molecule has 3 heteroatoms. The normalized spacial score (nSPS) is 28.8. The van der Waals surface area contributed by atoms with Crippen LogP contribution in [0.4, 0.5) is 0 Å². The fourth-order valence-electron chi connectivity index (χ4n) is 2.33. The third-order valence-electron chi connectivity index (χ3n) is 3.25. The highest BCUT2D eigenvalue weighted by Crippen LogP contribution is 2.25. The number of hydrogen-bond donors (Lipinski definition) is 1. The maximum Gasteiger partial charge on any atom is 0.0901 e. The number of aliphatic hydroxyl groups excluding tert-OH is 1. The molecule has 88 valence electrons. The molecule has 0 saturated carbocycles. The first kappa shape index (κ1) is 11.8. The lowest BCUT2D eigenvalue weighted by molar-refractivity contribution is 0.126. The molecule has 0 aliphatic carbocycles. The minimum Gasteiger partial charge on any atom is -0.390 e. The van der Waals surface area contributed by atoms with Gasteiger partial charge in [0.15, 0.2) is 0 Å². The van der Waals surface area contributed by atoms with Crippen molar-refractivity contribution in [1.82, 2.24) is 4.90 Å². The Morgan fingerprint density at radius 3 is 2.76 bits per heavy atom. The molecule has 1 aliphatic rings. The summed E-state index contributed by atoms with van der Waals surface area (Å²) in [6.07, 6.45) is 1.10. The van der Waals surface area contributed by atoms with Crippen LogP contribution in [0.3, 0.4) is 0 Å². The molecule has 0 radical (unpaired) electrons. The van der Waals surface area contributed by atoms with Gasteiger partial charge in [-0.05, 0) is 5.56 Å². The Morgan fingerprint density at radius 2 is 2.18 bits per heavy atom. The van der Waals surface area contributed by atoms with Crippen LogP contribution >= 0.6 is 0 Å². The summed E-state index contributed by atoms with van der Waals surface area (Å²) in [5.41, 5.74) is 1.19. The summed E-state index contributed by atoms with van der Waals surface area (Å²) in [4.78, 5) is 2.10. The Morgan fingerprint density at radius 1 is 1.47 bits per heavy atom. The Balaban J connectivity index is 2.11. The van der Waals surface area contributed by atoms with E-state index in [1.165, 1.54) is 5.56 Å². The van der Waals surface area contributed by atoms with E-state index < -0.39 is 6.10 Å². The van der Waals surface area contributed by atoms with Crippen molar-refractivity contribution in [2.24, 2.45) is 5.92 Å². The minimum absolute atomic E-state index is 0.125. The van der Waals surface area contributed by atoms with E-state index in [4.69, 9.17) is 5.26 Å². The molecule has 1 saturated heterocycles. The molecule has 1 heterocycles. The Bertz CT molecular complexity index is 424. The highest BCUT2D eigenvalue weighted by molar-refractivity contribution is 5.17. The summed E-state index contributed by atoms with van der Waals surface area (Å²) in [6, 6.07) is 12.1. The van der Waals surface area contributed by atoms with Crippen molar-refractivity contribution in [2.45, 2.75) is 18.7 Å². The Kier molecular flexibility index (Phi) is 3.58. The van der Waals surface area contributed by atoms with Gasteiger partial charge in [0.25, 0.3) is 0 Å². The monoisotopic (exact) mass is 228 g/mol. The number of nitriles is 1. The zero-order chi connectivity index (χ0) is 12.3. The molecule has 0 amide bonds. The van der Waals surface area contributed by atoms with Crippen LogP contribution in [0.1, 0.15) is 5.56 Å². The van der Waals surface area contributed by atoms with Gasteiger partial charge in [-0.1, -0.05) is 36.4 Å².